The Hall–Kier alpha value is -4.07. The number of thiazole rings is 1. The third kappa shape index (κ3) is 5.48. The molecule has 0 aliphatic carbocycles. The highest BCUT2D eigenvalue weighted by atomic mass is 32.2. The van der Waals surface area contributed by atoms with Gasteiger partial charge < -0.3 is 4.74 Å². The van der Waals surface area contributed by atoms with Crippen molar-refractivity contribution in [3.05, 3.63) is 114 Å². The molecular weight excluding hydrogens is 537 g/mol. The van der Waals surface area contributed by atoms with E-state index >= 15 is 0 Å². The van der Waals surface area contributed by atoms with Gasteiger partial charge in [0.1, 0.15) is 27.2 Å². The van der Waals surface area contributed by atoms with Crippen molar-refractivity contribution >= 4 is 42.3 Å². The van der Waals surface area contributed by atoms with Crippen LogP contribution in [-0.2, 0) is 22.9 Å². The number of para-hydroxylation sites is 2. The molecule has 2 heterocycles. The summed E-state index contributed by atoms with van der Waals surface area (Å²) in [5, 5.41) is 1.45. The number of ether oxygens (including phenoxy) is 1. The predicted molar refractivity (Wildman–Crippen MR) is 165 cm³/mol. The summed E-state index contributed by atoms with van der Waals surface area (Å²) in [6.07, 6.45) is 3.53. The molecular formula is C33H28N2O3S2. The lowest BCUT2D eigenvalue weighted by Crippen LogP contribution is -2.18. The van der Waals surface area contributed by atoms with Crippen LogP contribution in [0.3, 0.4) is 0 Å². The minimum Gasteiger partial charge on any atom is -0.488 e. The molecule has 7 heteroatoms. The van der Waals surface area contributed by atoms with Gasteiger partial charge in [-0.25, -0.2) is 13.4 Å². The Morgan fingerprint density at radius 1 is 0.850 bits per heavy atom. The summed E-state index contributed by atoms with van der Waals surface area (Å²) in [6.45, 7) is 2.15. The molecule has 0 fully saturated rings. The first-order chi connectivity index (χ1) is 19.3. The van der Waals surface area contributed by atoms with Crippen LogP contribution in [0.5, 0.6) is 5.75 Å². The van der Waals surface area contributed by atoms with Crippen LogP contribution >= 0.6 is 11.3 Å². The second-order valence-corrected chi connectivity index (χ2v) is 13.5. The van der Waals surface area contributed by atoms with E-state index in [9.17, 15) is 8.42 Å². The monoisotopic (exact) mass is 564 g/mol. The lowest BCUT2D eigenvalue weighted by atomic mass is 9.96. The highest BCUT2D eigenvalue weighted by Crippen LogP contribution is 2.36. The van der Waals surface area contributed by atoms with Crippen molar-refractivity contribution in [1.29, 1.82) is 0 Å². The Bertz CT molecular complexity index is 1910. The number of aromatic nitrogens is 2. The van der Waals surface area contributed by atoms with E-state index in [4.69, 9.17) is 9.72 Å². The largest absolute Gasteiger partial charge is 0.488 e. The molecule has 1 atom stereocenters. The zero-order valence-electron chi connectivity index (χ0n) is 22.2. The molecule has 1 unspecified atom stereocenters. The predicted octanol–water partition coefficient (Wildman–Crippen LogP) is 7.73. The summed E-state index contributed by atoms with van der Waals surface area (Å²) in [7, 11) is -3.14. The number of hydrogen-bond acceptors (Lipinski definition) is 6. The minimum absolute atomic E-state index is 0.395. The fourth-order valence-electron chi connectivity index (χ4n) is 4.82. The second-order valence-electron chi connectivity index (χ2n) is 10.0. The lowest BCUT2D eigenvalue weighted by molar-refractivity contribution is 0.307. The molecule has 0 aliphatic heterocycles. The maximum Gasteiger partial charge on any atom is 0.150 e. The highest BCUT2D eigenvalue weighted by molar-refractivity contribution is 7.91. The van der Waals surface area contributed by atoms with E-state index in [0.717, 1.165) is 59.7 Å². The molecule has 6 rings (SSSR count). The molecule has 0 radical (unpaired) electrons. The quantitative estimate of drug-likeness (QED) is 0.189. The van der Waals surface area contributed by atoms with E-state index in [-0.39, 0.29) is 0 Å². The molecule has 5 nitrogen and oxygen atoms in total. The van der Waals surface area contributed by atoms with Crippen LogP contribution in [0.4, 0.5) is 0 Å². The molecule has 0 saturated carbocycles. The fraction of sp³-hybridized carbons (Fsp3) is 0.152. The Morgan fingerprint density at radius 2 is 1.68 bits per heavy atom. The van der Waals surface area contributed by atoms with E-state index in [0.29, 0.717) is 13.0 Å². The van der Waals surface area contributed by atoms with Crippen LogP contribution in [0.2, 0.25) is 0 Å². The van der Waals surface area contributed by atoms with Gasteiger partial charge in [-0.15, -0.1) is 11.3 Å². The summed E-state index contributed by atoms with van der Waals surface area (Å²) < 4.78 is 31.7. The van der Waals surface area contributed by atoms with Crippen molar-refractivity contribution in [3.8, 4) is 27.4 Å². The van der Waals surface area contributed by atoms with Crippen LogP contribution in [0.15, 0.2) is 103 Å². The number of benzene rings is 4. The van der Waals surface area contributed by atoms with Gasteiger partial charge >= 0.3 is 0 Å². The van der Waals surface area contributed by atoms with Gasteiger partial charge in [-0.1, -0.05) is 48.5 Å². The maximum absolute atomic E-state index is 12.1. The Balaban J connectivity index is 1.30. The Kier molecular flexibility index (Phi) is 7.09. The average Bonchev–Trinajstić information content (AvgIpc) is 3.40. The van der Waals surface area contributed by atoms with Crippen LogP contribution in [0.25, 0.3) is 42.8 Å². The van der Waals surface area contributed by atoms with Gasteiger partial charge in [0.05, 0.1) is 26.5 Å². The lowest BCUT2D eigenvalue weighted by Gasteiger charge is -2.14. The normalized spacial score (nSPS) is 12.6. The van der Waals surface area contributed by atoms with Crippen molar-refractivity contribution < 1.29 is 13.2 Å². The molecule has 200 valence electrons. The van der Waals surface area contributed by atoms with Crippen LogP contribution in [0, 0.1) is 0 Å². The Morgan fingerprint density at radius 3 is 2.52 bits per heavy atom. The minimum atomic E-state index is -3.14. The number of sulfone groups is 1. The molecule has 2 aromatic heterocycles. The smallest absolute Gasteiger partial charge is 0.150 e. The van der Waals surface area contributed by atoms with Gasteiger partial charge in [-0.2, -0.15) is 0 Å². The molecule has 0 aliphatic rings. The second kappa shape index (κ2) is 10.8. The molecule has 0 spiro atoms. The standard InChI is InChI=1S/C33H28N2O3S2/c1-22(40(2,36)37)17-24-19-26-11-8-16-34-32(26)28(20-24)25-10-7-9-23(18-25)21-38-30-14-5-3-12-27(30)33-35-29-13-4-6-15-31(29)39-33/h3-16,18-20,22H,17,21H2,1-2H3. The summed E-state index contributed by atoms with van der Waals surface area (Å²) >= 11 is 1.66. The van der Waals surface area contributed by atoms with E-state index in [1.165, 1.54) is 6.26 Å². The summed E-state index contributed by atoms with van der Waals surface area (Å²) in [6, 6.07) is 32.4. The van der Waals surface area contributed by atoms with Crippen molar-refractivity contribution in [2.24, 2.45) is 0 Å². The van der Waals surface area contributed by atoms with Gasteiger partial charge in [-0.05, 0) is 78.6 Å². The first-order valence-corrected chi connectivity index (χ1v) is 15.9. The molecule has 4 aromatic carbocycles. The maximum atomic E-state index is 12.1. The van der Waals surface area contributed by atoms with E-state index < -0.39 is 15.1 Å². The van der Waals surface area contributed by atoms with Crippen molar-refractivity contribution in [2.45, 2.75) is 25.2 Å². The van der Waals surface area contributed by atoms with E-state index in [2.05, 4.69) is 35.3 Å². The summed E-state index contributed by atoms with van der Waals surface area (Å²) in [4.78, 5) is 9.48. The molecule has 0 bridgehead atoms. The summed E-state index contributed by atoms with van der Waals surface area (Å²) in [5.74, 6) is 0.788. The number of pyridine rings is 1. The molecule has 0 N–H and O–H groups in total. The molecule has 6 aromatic rings. The Labute approximate surface area is 238 Å². The number of fused-ring (bicyclic) bond motifs is 2. The van der Waals surface area contributed by atoms with Gasteiger partial charge in [0.2, 0.25) is 0 Å². The first-order valence-electron chi connectivity index (χ1n) is 13.1. The van der Waals surface area contributed by atoms with Gasteiger partial charge in [0.15, 0.2) is 0 Å². The van der Waals surface area contributed by atoms with Crippen molar-refractivity contribution in [2.75, 3.05) is 6.26 Å². The van der Waals surface area contributed by atoms with Crippen LogP contribution < -0.4 is 4.74 Å². The number of hydrogen-bond donors (Lipinski definition) is 0. The number of nitrogens with zero attached hydrogens (tertiary/aromatic N) is 2. The van der Waals surface area contributed by atoms with E-state index in [1.807, 2.05) is 66.7 Å². The number of rotatable bonds is 8. The summed E-state index contributed by atoms with van der Waals surface area (Å²) in [5.41, 5.74) is 6.83. The SMILES string of the molecule is CC(Cc1cc(-c2cccc(COc3ccccc3-c3nc4ccccc4s3)c2)c2ncccc2c1)S(C)(=O)=O. The van der Waals surface area contributed by atoms with E-state index in [1.54, 1.807) is 24.5 Å². The average molecular weight is 565 g/mol. The third-order valence-electron chi connectivity index (χ3n) is 7.06. The highest BCUT2D eigenvalue weighted by Gasteiger charge is 2.17. The molecule has 0 saturated heterocycles. The van der Waals surface area contributed by atoms with Crippen molar-refractivity contribution in [3.63, 3.8) is 0 Å². The topological polar surface area (TPSA) is 69.2 Å². The zero-order chi connectivity index (χ0) is 27.7. The van der Waals surface area contributed by atoms with Gasteiger partial charge in [0.25, 0.3) is 0 Å². The zero-order valence-corrected chi connectivity index (χ0v) is 23.9. The third-order valence-corrected chi connectivity index (χ3v) is 9.76. The van der Waals surface area contributed by atoms with Gasteiger partial charge in [-0.3, -0.25) is 4.98 Å². The fourth-order valence-corrected chi connectivity index (χ4v) is 6.31. The van der Waals surface area contributed by atoms with Gasteiger partial charge in [0, 0.05) is 23.4 Å². The van der Waals surface area contributed by atoms with Crippen LogP contribution in [0.1, 0.15) is 18.1 Å². The molecule has 0 amide bonds. The van der Waals surface area contributed by atoms with Crippen molar-refractivity contribution in [1.82, 2.24) is 9.97 Å². The molecule has 40 heavy (non-hydrogen) atoms. The first kappa shape index (κ1) is 26.2. The van der Waals surface area contributed by atoms with Crippen LogP contribution in [-0.4, -0.2) is 29.9 Å².